The van der Waals surface area contributed by atoms with Gasteiger partial charge in [-0.1, -0.05) is 23.7 Å². The van der Waals surface area contributed by atoms with Gasteiger partial charge in [-0.15, -0.1) is 0 Å². The molecule has 0 radical (unpaired) electrons. The Bertz CT molecular complexity index is 564. The predicted molar refractivity (Wildman–Crippen MR) is 68.3 cm³/mol. The molecule has 2 rings (SSSR count). The van der Waals surface area contributed by atoms with Gasteiger partial charge in [0.25, 0.3) is 5.91 Å². The molecule has 0 spiro atoms. The number of nitrogens with zero attached hydrogens (tertiary/aromatic N) is 1. The Balaban J connectivity index is 2.25. The molecule has 0 aliphatic rings. The van der Waals surface area contributed by atoms with E-state index in [0.717, 1.165) is 5.56 Å². The number of benzene rings is 1. The normalized spacial score (nSPS) is 10.2. The molecule has 1 N–H and O–H groups in total. The summed E-state index contributed by atoms with van der Waals surface area (Å²) in [6.07, 6.45) is 1.61. The number of hydrogen-bond donors (Lipinski definition) is 1. The van der Waals surface area contributed by atoms with Crippen molar-refractivity contribution in [2.45, 2.75) is 6.92 Å². The summed E-state index contributed by atoms with van der Waals surface area (Å²) in [5.41, 5.74) is 0.790. The maximum atomic E-state index is 13.5. The topological polar surface area (TPSA) is 42.0 Å². The van der Waals surface area contributed by atoms with E-state index in [1.807, 2.05) is 6.92 Å². The molecule has 1 aromatic heterocycles. The van der Waals surface area contributed by atoms with Crippen molar-refractivity contribution in [3.8, 4) is 0 Å². The first-order valence-electron chi connectivity index (χ1n) is 5.26. The molecule has 3 nitrogen and oxygen atoms in total. The van der Waals surface area contributed by atoms with E-state index >= 15 is 0 Å². The van der Waals surface area contributed by atoms with E-state index in [9.17, 15) is 9.18 Å². The van der Waals surface area contributed by atoms with Crippen LogP contribution in [0.15, 0.2) is 36.5 Å². The number of rotatable bonds is 2. The quantitative estimate of drug-likeness (QED) is 0.903. The van der Waals surface area contributed by atoms with E-state index < -0.39 is 11.7 Å². The molecule has 18 heavy (non-hydrogen) atoms. The summed E-state index contributed by atoms with van der Waals surface area (Å²) in [6.45, 7) is 1.88. The number of carbonyl (C=O) groups excluding carboxylic acids is 1. The van der Waals surface area contributed by atoms with Crippen LogP contribution in [0.2, 0.25) is 5.02 Å². The van der Waals surface area contributed by atoms with E-state index in [4.69, 9.17) is 11.6 Å². The van der Waals surface area contributed by atoms with Crippen LogP contribution < -0.4 is 5.32 Å². The third kappa shape index (κ3) is 2.65. The molecule has 1 heterocycles. The number of anilines is 1. The molecule has 0 saturated heterocycles. The standard InChI is InChI=1S/C13H10ClFN2O/c1-8-5-6-11(16-7-8)17-13(18)12-9(14)3-2-4-10(12)15/h2-7H,1H3,(H,16,17,18). The molecule has 0 aliphatic heterocycles. The second-order valence-electron chi connectivity index (χ2n) is 3.77. The summed E-state index contributed by atoms with van der Waals surface area (Å²) in [5, 5.41) is 2.56. The summed E-state index contributed by atoms with van der Waals surface area (Å²) < 4.78 is 13.5. The number of nitrogens with one attached hydrogen (secondary N) is 1. The van der Waals surface area contributed by atoms with Crippen LogP contribution in [0.1, 0.15) is 15.9 Å². The number of halogens is 2. The predicted octanol–water partition coefficient (Wildman–Crippen LogP) is 3.43. The molecule has 0 atom stereocenters. The minimum absolute atomic E-state index is 0.0691. The summed E-state index contributed by atoms with van der Waals surface area (Å²) in [7, 11) is 0. The Morgan fingerprint density at radius 2 is 2.11 bits per heavy atom. The Hall–Kier alpha value is -1.94. The Kier molecular flexibility index (Phi) is 3.58. The van der Waals surface area contributed by atoms with Gasteiger partial charge < -0.3 is 5.32 Å². The number of hydrogen-bond acceptors (Lipinski definition) is 2. The third-order valence-corrected chi connectivity index (χ3v) is 2.66. The Labute approximate surface area is 109 Å². The second kappa shape index (κ2) is 5.14. The highest BCUT2D eigenvalue weighted by Crippen LogP contribution is 2.20. The van der Waals surface area contributed by atoms with Crippen molar-refractivity contribution in [1.29, 1.82) is 0 Å². The van der Waals surface area contributed by atoms with Gasteiger partial charge in [0.1, 0.15) is 11.6 Å². The molecule has 0 fully saturated rings. The smallest absolute Gasteiger partial charge is 0.261 e. The molecular weight excluding hydrogens is 255 g/mol. The highest BCUT2D eigenvalue weighted by atomic mass is 35.5. The van der Waals surface area contributed by atoms with Crippen molar-refractivity contribution in [2.75, 3.05) is 5.32 Å². The van der Waals surface area contributed by atoms with Gasteiger partial charge in [0.2, 0.25) is 0 Å². The van der Waals surface area contributed by atoms with Crippen molar-refractivity contribution in [3.05, 3.63) is 58.5 Å². The molecule has 0 saturated carbocycles. The lowest BCUT2D eigenvalue weighted by Gasteiger charge is -2.07. The first-order chi connectivity index (χ1) is 8.58. The zero-order chi connectivity index (χ0) is 13.1. The van der Waals surface area contributed by atoms with Crippen LogP contribution in [0, 0.1) is 12.7 Å². The fourth-order valence-corrected chi connectivity index (χ4v) is 1.68. The molecular formula is C13H10ClFN2O. The van der Waals surface area contributed by atoms with Crippen LogP contribution in [0.5, 0.6) is 0 Å². The zero-order valence-corrected chi connectivity index (χ0v) is 10.3. The zero-order valence-electron chi connectivity index (χ0n) is 9.58. The van der Waals surface area contributed by atoms with Crippen molar-refractivity contribution >= 4 is 23.3 Å². The minimum atomic E-state index is -0.660. The number of amides is 1. The van der Waals surface area contributed by atoms with E-state index in [0.29, 0.717) is 5.82 Å². The molecule has 0 aliphatic carbocycles. The van der Waals surface area contributed by atoms with Gasteiger partial charge in [-0.3, -0.25) is 4.79 Å². The number of carbonyl (C=O) groups is 1. The highest BCUT2D eigenvalue weighted by Gasteiger charge is 2.15. The molecule has 1 aromatic carbocycles. The Morgan fingerprint density at radius 1 is 1.33 bits per heavy atom. The first-order valence-corrected chi connectivity index (χ1v) is 5.64. The maximum absolute atomic E-state index is 13.5. The fourth-order valence-electron chi connectivity index (χ4n) is 1.44. The van der Waals surface area contributed by atoms with Gasteiger partial charge in [-0.2, -0.15) is 0 Å². The van der Waals surface area contributed by atoms with Crippen LogP contribution >= 0.6 is 11.6 Å². The van der Waals surface area contributed by atoms with Crippen molar-refractivity contribution in [2.24, 2.45) is 0 Å². The lowest BCUT2D eigenvalue weighted by Crippen LogP contribution is -2.15. The van der Waals surface area contributed by atoms with Crippen molar-refractivity contribution in [3.63, 3.8) is 0 Å². The van der Waals surface area contributed by atoms with E-state index in [1.54, 1.807) is 18.3 Å². The summed E-state index contributed by atoms with van der Waals surface area (Å²) >= 11 is 5.79. The largest absolute Gasteiger partial charge is 0.306 e. The molecule has 92 valence electrons. The minimum Gasteiger partial charge on any atom is -0.306 e. The van der Waals surface area contributed by atoms with Gasteiger partial charge in [-0.05, 0) is 30.7 Å². The monoisotopic (exact) mass is 264 g/mol. The number of pyridine rings is 1. The van der Waals surface area contributed by atoms with Crippen LogP contribution in [0.25, 0.3) is 0 Å². The molecule has 1 amide bonds. The van der Waals surface area contributed by atoms with Gasteiger partial charge in [-0.25, -0.2) is 9.37 Å². The first kappa shape index (κ1) is 12.5. The molecule has 0 unspecified atom stereocenters. The molecule has 5 heteroatoms. The van der Waals surface area contributed by atoms with Crippen LogP contribution in [0.3, 0.4) is 0 Å². The van der Waals surface area contributed by atoms with Crippen LogP contribution in [-0.2, 0) is 0 Å². The number of aryl methyl sites for hydroxylation is 1. The highest BCUT2D eigenvalue weighted by molar-refractivity contribution is 6.34. The number of aromatic nitrogens is 1. The van der Waals surface area contributed by atoms with Crippen molar-refractivity contribution < 1.29 is 9.18 Å². The Morgan fingerprint density at radius 3 is 2.72 bits per heavy atom. The van der Waals surface area contributed by atoms with Crippen LogP contribution in [0.4, 0.5) is 10.2 Å². The molecule has 0 bridgehead atoms. The lowest BCUT2D eigenvalue weighted by molar-refractivity contribution is 0.102. The summed E-state index contributed by atoms with van der Waals surface area (Å²) in [4.78, 5) is 15.9. The average Bonchev–Trinajstić information content (AvgIpc) is 2.32. The third-order valence-electron chi connectivity index (χ3n) is 2.34. The SMILES string of the molecule is Cc1ccc(NC(=O)c2c(F)cccc2Cl)nc1. The van der Waals surface area contributed by atoms with E-state index in [2.05, 4.69) is 10.3 Å². The van der Waals surface area contributed by atoms with Gasteiger partial charge in [0, 0.05) is 6.20 Å². The summed E-state index contributed by atoms with van der Waals surface area (Å²) in [5.74, 6) is -0.925. The van der Waals surface area contributed by atoms with Crippen LogP contribution in [-0.4, -0.2) is 10.9 Å². The van der Waals surface area contributed by atoms with Crippen molar-refractivity contribution in [1.82, 2.24) is 4.98 Å². The van der Waals surface area contributed by atoms with Gasteiger partial charge in [0.15, 0.2) is 0 Å². The average molecular weight is 265 g/mol. The maximum Gasteiger partial charge on any atom is 0.261 e. The van der Waals surface area contributed by atoms with Gasteiger partial charge in [0.05, 0.1) is 10.6 Å². The summed E-state index contributed by atoms with van der Waals surface area (Å²) in [6, 6.07) is 7.53. The fraction of sp³-hybridized carbons (Fsp3) is 0.0769. The molecule has 2 aromatic rings. The second-order valence-corrected chi connectivity index (χ2v) is 4.18. The van der Waals surface area contributed by atoms with Gasteiger partial charge >= 0.3 is 0 Å². The van der Waals surface area contributed by atoms with E-state index in [1.165, 1.54) is 18.2 Å². The van der Waals surface area contributed by atoms with E-state index in [-0.39, 0.29) is 10.6 Å². The lowest BCUT2D eigenvalue weighted by atomic mass is 10.2.